The van der Waals surface area contributed by atoms with Gasteiger partial charge in [-0.15, -0.1) is 0 Å². The van der Waals surface area contributed by atoms with Crippen LogP contribution in [-0.2, 0) is 16.0 Å². The summed E-state index contributed by atoms with van der Waals surface area (Å²) in [7, 11) is 0. The summed E-state index contributed by atoms with van der Waals surface area (Å²) in [6.45, 7) is 2.83. The quantitative estimate of drug-likeness (QED) is 0.794. The van der Waals surface area contributed by atoms with Crippen molar-refractivity contribution in [2.45, 2.75) is 32.6 Å². The zero-order valence-electron chi connectivity index (χ0n) is 10.2. The fourth-order valence-electron chi connectivity index (χ4n) is 2.07. The van der Waals surface area contributed by atoms with E-state index in [1.807, 2.05) is 12.1 Å². The van der Waals surface area contributed by atoms with E-state index in [0.717, 1.165) is 31.4 Å². The van der Waals surface area contributed by atoms with Crippen molar-refractivity contribution in [3.8, 4) is 0 Å². The molecule has 0 amide bonds. The predicted molar refractivity (Wildman–Crippen MR) is 67.8 cm³/mol. The Hall–Kier alpha value is -1.57. The zero-order chi connectivity index (χ0) is 12.1. The summed E-state index contributed by atoms with van der Waals surface area (Å²) in [5.41, 5.74) is 3.37. The molecule has 1 aromatic rings. The molecule has 0 N–H and O–H groups in total. The van der Waals surface area contributed by atoms with E-state index >= 15 is 0 Å². The number of hydrogen-bond donors (Lipinski definition) is 0. The van der Waals surface area contributed by atoms with E-state index in [4.69, 9.17) is 4.74 Å². The average Bonchev–Trinajstić information content (AvgIpc) is 2.38. The Morgan fingerprint density at radius 2 is 2.18 bits per heavy atom. The van der Waals surface area contributed by atoms with E-state index in [-0.39, 0.29) is 5.78 Å². The van der Waals surface area contributed by atoms with Crippen LogP contribution >= 0.6 is 0 Å². The van der Waals surface area contributed by atoms with Crippen molar-refractivity contribution in [1.82, 2.24) is 0 Å². The normalized spacial score (nSPS) is 15.0. The summed E-state index contributed by atoms with van der Waals surface area (Å²) in [5.74, 6) is 0.230. The molecule has 0 unspecified atom stereocenters. The minimum Gasteiger partial charge on any atom is -0.501 e. The van der Waals surface area contributed by atoms with Crippen molar-refractivity contribution in [1.29, 1.82) is 0 Å². The van der Waals surface area contributed by atoms with Crippen LogP contribution in [0.5, 0.6) is 0 Å². The molecule has 1 heterocycles. The van der Waals surface area contributed by atoms with Crippen LogP contribution in [0.3, 0.4) is 0 Å². The summed E-state index contributed by atoms with van der Waals surface area (Å²) in [6, 6.07) is 8.23. The fourth-order valence-corrected chi connectivity index (χ4v) is 2.07. The van der Waals surface area contributed by atoms with Gasteiger partial charge in [-0.25, -0.2) is 0 Å². The van der Waals surface area contributed by atoms with Crippen LogP contribution in [0.2, 0.25) is 0 Å². The Morgan fingerprint density at radius 1 is 1.35 bits per heavy atom. The molecule has 0 bridgehead atoms. The highest BCUT2D eigenvalue weighted by Crippen LogP contribution is 2.16. The molecule has 2 heteroatoms. The molecule has 90 valence electrons. The third kappa shape index (κ3) is 3.19. The first kappa shape index (κ1) is 11.9. The lowest BCUT2D eigenvalue weighted by atomic mass is 9.98. The second kappa shape index (κ2) is 5.67. The molecule has 1 aliphatic rings. The van der Waals surface area contributed by atoms with Crippen molar-refractivity contribution in [3.05, 3.63) is 47.2 Å². The molecule has 0 radical (unpaired) electrons. The fraction of sp³-hybridized carbons (Fsp3) is 0.400. The van der Waals surface area contributed by atoms with Gasteiger partial charge in [0.1, 0.15) is 0 Å². The van der Waals surface area contributed by atoms with Gasteiger partial charge >= 0.3 is 0 Å². The number of carbonyl (C=O) groups excluding carboxylic acids is 1. The Morgan fingerprint density at radius 3 is 2.88 bits per heavy atom. The maximum absolute atomic E-state index is 11.9. The van der Waals surface area contributed by atoms with Gasteiger partial charge in [-0.1, -0.05) is 24.3 Å². The molecule has 0 aromatic heterocycles. The van der Waals surface area contributed by atoms with Crippen molar-refractivity contribution < 1.29 is 9.53 Å². The number of carbonyl (C=O) groups is 1. The lowest BCUT2D eigenvalue weighted by molar-refractivity contribution is -0.116. The number of ether oxygens (including phenoxy) is 1. The van der Waals surface area contributed by atoms with Gasteiger partial charge in [0.05, 0.1) is 12.9 Å². The second-order valence-corrected chi connectivity index (χ2v) is 4.47. The van der Waals surface area contributed by atoms with Crippen LogP contribution in [-0.4, -0.2) is 12.4 Å². The second-order valence-electron chi connectivity index (χ2n) is 4.47. The van der Waals surface area contributed by atoms with E-state index in [1.165, 1.54) is 11.1 Å². The summed E-state index contributed by atoms with van der Waals surface area (Å²) in [4.78, 5) is 11.9. The lowest BCUT2D eigenvalue weighted by Gasteiger charge is -2.12. The van der Waals surface area contributed by atoms with Gasteiger partial charge in [-0.05, 0) is 37.3 Å². The number of rotatable bonds is 4. The standard InChI is InChI=1S/C15H18O2/c1-12-5-2-3-6-13(12)8-9-15(16)14-7-4-10-17-11-14/h2-3,5-6,11H,4,7-10H2,1H3. The third-order valence-electron chi connectivity index (χ3n) is 3.17. The van der Waals surface area contributed by atoms with Crippen molar-refractivity contribution in [3.63, 3.8) is 0 Å². The van der Waals surface area contributed by atoms with Crippen molar-refractivity contribution in [2.75, 3.05) is 6.61 Å². The Labute approximate surface area is 102 Å². The molecule has 2 rings (SSSR count). The SMILES string of the molecule is Cc1ccccc1CCC(=O)C1=COCCC1. The van der Waals surface area contributed by atoms with E-state index in [2.05, 4.69) is 19.1 Å². The Kier molecular flexibility index (Phi) is 3.97. The molecular formula is C15H18O2. The van der Waals surface area contributed by atoms with E-state index in [1.54, 1.807) is 6.26 Å². The molecule has 0 saturated carbocycles. The Balaban J connectivity index is 1.92. The van der Waals surface area contributed by atoms with E-state index in [9.17, 15) is 4.79 Å². The number of aryl methyl sites for hydroxylation is 2. The zero-order valence-corrected chi connectivity index (χ0v) is 10.2. The molecule has 17 heavy (non-hydrogen) atoms. The summed E-state index contributed by atoms with van der Waals surface area (Å²) < 4.78 is 5.20. The molecule has 1 aromatic carbocycles. The Bertz CT molecular complexity index is 432. The molecule has 2 nitrogen and oxygen atoms in total. The minimum atomic E-state index is 0.230. The van der Waals surface area contributed by atoms with Crippen molar-refractivity contribution in [2.24, 2.45) is 0 Å². The minimum absolute atomic E-state index is 0.230. The van der Waals surface area contributed by atoms with Gasteiger partial charge in [0, 0.05) is 12.0 Å². The maximum atomic E-state index is 11.9. The average molecular weight is 230 g/mol. The number of allylic oxidation sites excluding steroid dienone is 1. The molecular weight excluding hydrogens is 212 g/mol. The number of ketones is 1. The van der Waals surface area contributed by atoms with Crippen LogP contribution in [0.1, 0.15) is 30.4 Å². The molecule has 0 aliphatic carbocycles. The van der Waals surface area contributed by atoms with Crippen LogP contribution in [0.25, 0.3) is 0 Å². The van der Waals surface area contributed by atoms with Crippen LogP contribution in [0.4, 0.5) is 0 Å². The number of Topliss-reactive ketones (excluding diaryl/α,β-unsaturated/α-hetero) is 1. The van der Waals surface area contributed by atoms with E-state index < -0.39 is 0 Å². The highest BCUT2D eigenvalue weighted by Gasteiger charge is 2.13. The predicted octanol–water partition coefficient (Wildman–Crippen LogP) is 3.19. The van der Waals surface area contributed by atoms with E-state index in [0.29, 0.717) is 6.42 Å². The highest BCUT2D eigenvalue weighted by atomic mass is 16.5. The van der Waals surface area contributed by atoms with Gasteiger partial charge in [0.15, 0.2) is 5.78 Å². The highest BCUT2D eigenvalue weighted by molar-refractivity contribution is 5.95. The van der Waals surface area contributed by atoms with Gasteiger partial charge in [0.25, 0.3) is 0 Å². The molecule has 1 aliphatic heterocycles. The van der Waals surface area contributed by atoms with Gasteiger partial charge in [-0.2, -0.15) is 0 Å². The summed E-state index contributed by atoms with van der Waals surface area (Å²) in [5, 5.41) is 0. The van der Waals surface area contributed by atoms with Gasteiger partial charge in [-0.3, -0.25) is 4.79 Å². The first-order chi connectivity index (χ1) is 8.27. The smallest absolute Gasteiger partial charge is 0.162 e. The monoisotopic (exact) mass is 230 g/mol. The summed E-state index contributed by atoms with van der Waals surface area (Å²) >= 11 is 0. The number of benzene rings is 1. The first-order valence-electron chi connectivity index (χ1n) is 6.16. The van der Waals surface area contributed by atoms with Crippen LogP contribution in [0, 0.1) is 6.92 Å². The topological polar surface area (TPSA) is 26.3 Å². The molecule has 0 spiro atoms. The maximum Gasteiger partial charge on any atom is 0.162 e. The molecule has 0 saturated heterocycles. The van der Waals surface area contributed by atoms with Crippen LogP contribution in [0.15, 0.2) is 36.1 Å². The molecule has 0 fully saturated rings. The van der Waals surface area contributed by atoms with Gasteiger partial charge < -0.3 is 4.74 Å². The van der Waals surface area contributed by atoms with Crippen molar-refractivity contribution >= 4 is 5.78 Å². The first-order valence-corrected chi connectivity index (χ1v) is 6.16. The van der Waals surface area contributed by atoms with Gasteiger partial charge in [0.2, 0.25) is 0 Å². The third-order valence-corrected chi connectivity index (χ3v) is 3.17. The lowest BCUT2D eigenvalue weighted by Crippen LogP contribution is -2.10. The van der Waals surface area contributed by atoms with Crippen LogP contribution < -0.4 is 0 Å². The largest absolute Gasteiger partial charge is 0.501 e. The number of hydrogen-bond acceptors (Lipinski definition) is 2. The summed E-state index contributed by atoms with van der Waals surface area (Å²) in [6.07, 6.45) is 4.88. The molecule has 0 atom stereocenters.